The summed E-state index contributed by atoms with van der Waals surface area (Å²) in [5, 5.41) is 0. The molecule has 1 atom stereocenters. The van der Waals surface area contributed by atoms with Gasteiger partial charge in [-0.3, -0.25) is 9.52 Å². The van der Waals surface area contributed by atoms with Crippen LogP contribution in [0.1, 0.15) is 34.8 Å². The molecule has 32 heavy (non-hydrogen) atoms. The molecule has 0 spiro atoms. The maximum absolute atomic E-state index is 13.3. The molecule has 0 aromatic heterocycles. The molecule has 0 saturated carbocycles. The van der Waals surface area contributed by atoms with Crippen LogP contribution in [0.5, 0.6) is 5.75 Å². The maximum Gasteiger partial charge on any atom is 0.261 e. The number of methoxy groups -OCH3 is 1. The van der Waals surface area contributed by atoms with Crippen LogP contribution in [-0.2, 0) is 10.0 Å². The second-order valence-corrected chi connectivity index (χ2v) is 9.25. The molecule has 6 nitrogen and oxygen atoms in total. The van der Waals surface area contributed by atoms with Gasteiger partial charge in [-0.15, -0.1) is 0 Å². The second kappa shape index (κ2) is 9.00. The second-order valence-electron chi connectivity index (χ2n) is 7.57. The fraction of sp³-hybridized carbons (Fsp3) is 0.208. The lowest BCUT2D eigenvalue weighted by Crippen LogP contribution is -2.30. The summed E-state index contributed by atoms with van der Waals surface area (Å²) in [7, 11) is -2.33. The van der Waals surface area contributed by atoms with Crippen LogP contribution >= 0.6 is 0 Å². The van der Waals surface area contributed by atoms with E-state index in [-0.39, 0.29) is 22.5 Å². The van der Waals surface area contributed by atoms with E-state index in [9.17, 15) is 17.6 Å². The van der Waals surface area contributed by atoms with Crippen LogP contribution < -0.4 is 9.46 Å². The average molecular weight is 455 g/mol. The van der Waals surface area contributed by atoms with Gasteiger partial charge in [-0.2, -0.15) is 0 Å². The Morgan fingerprint density at radius 2 is 1.78 bits per heavy atom. The van der Waals surface area contributed by atoms with Gasteiger partial charge in [0.2, 0.25) is 0 Å². The number of anilines is 1. The molecule has 0 bridgehead atoms. The van der Waals surface area contributed by atoms with Crippen LogP contribution in [0.3, 0.4) is 0 Å². The van der Waals surface area contributed by atoms with Gasteiger partial charge >= 0.3 is 0 Å². The summed E-state index contributed by atoms with van der Waals surface area (Å²) in [6.45, 7) is 0.598. The van der Waals surface area contributed by atoms with E-state index in [0.717, 1.165) is 24.2 Å². The van der Waals surface area contributed by atoms with Crippen LogP contribution in [0, 0.1) is 5.82 Å². The van der Waals surface area contributed by atoms with Crippen molar-refractivity contribution in [2.45, 2.75) is 23.8 Å². The largest absolute Gasteiger partial charge is 0.497 e. The summed E-state index contributed by atoms with van der Waals surface area (Å²) in [5.74, 6) is 0.0657. The third kappa shape index (κ3) is 4.60. The number of carbonyl (C=O) groups is 1. The van der Waals surface area contributed by atoms with Crippen LogP contribution in [0.4, 0.5) is 10.1 Å². The van der Waals surface area contributed by atoms with Crippen molar-refractivity contribution in [2.24, 2.45) is 0 Å². The normalized spacial score (nSPS) is 16.1. The van der Waals surface area contributed by atoms with Crippen molar-refractivity contribution in [3.8, 4) is 5.75 Å². The quantitative estimate of drug-likeness (QED) is 0.590. The standard InChI is InChI=1S/C24H23FN2O4S/c1-31-21-13-7-17(8-14-21)23-6-3-15-27(23)24(28)18-4-2-5-22(16-18)32(29,30)26-20-11-9-19(25)10-12-20/h2,4-5,7-14,16,23,26H,3,6,15H2,1H3. The van der Waals surface area contributed by atoms with E-state index in [1.807, 2.05) is 24.3 Å². The molecule has 8 heteroatoms. The minimum atomic E-state index is -3.94. The molecule has 3 aromatic rings. The maximum atomic E-state index is 13.3. The highest BCUT2D eigenvalue weighted by atomic mass is 32.2. The predicted molar refractivity (Wildman–Crippen MR) is 120 cm³/mol. The van der Waals surface area contributed by atoms with E-state index in [4.69, 9.17) is 4.74 Å². The summed E-state index contributed by atoms with van der Waals surface area (Å²) >= 11 is 0. The van der Waals surface area contributed by atoms with Crippen LogP contribution in [0.25, 0.3) is 0 Å². The van der Waals surface area contributed by atoms with Gasteiger partial charge in [-0.05, 0) is 73.0 Å². The number of rotatable bonds is 6. The molecule has 3 aromatic carbocycles. The molecule has 0 aliphatic carbocycles. The first kappa shape index (κ1) is 21.8. The van der Waals surface area contributed by atoms with Crippen molar-refractivity contribution in [3.05, 3.63) is 89.7 Å². The number of nitrogens with zero attached hydrogens (tertiary/aromatic N) is 1. The Balaban J connectivity index is 1.56. The van der Waals surface area contributed by atoms with Gasteiger partial charge in [0.25, 0.3) is 15.9 Å². The molecule has 4 rings (SSSR count). The van der Waals surface area contributed by atoms with Gasteiger partial charge in [0.15, 0.2) is 0 Å². The van der Waals surface area contributed by atoms with Crippen molar-refractivity contribution in [3.63, 3.8) is 0 Å². The van der Waals surface area contributed by atoms with E-state index in [1.165, 1.54) is 36.4 Å². The molecular formula is C24H23FN2O4S. The van der Waals surface area contributed by atoms with Crippen molar-refractivity contribution in [1.82, 2.24) is 4.90 Å². The zero-order chi connectivity index (χ0) is 22.7. The Hall–Kier alpha value is -3.39. The third-order valence-corrected chi connectivity index (χ3v) is 6.88. The SMILES string of the molecule is COc1ccc(C2CCCN2C(=O)c2cccc(S(=O)(=O)Nc3ccc(F)cc3)c2)cc1. The number of amides is 1. The van der Waals surface area contributed by atoms with Gasteiger partial charge in [0.05, 0.1) is 18.0 Å². The Kier molecular flexibility index (Phi) is 6.14. The molecule has 1 saturated heterocycles. The van der Waals surface area contributed by atoms with E-state index in [0.29, 0.717) is 12.1 Å². The van der Waals surface area contributed by atoms with Crippen molar-refractivity contribution in [2.75, 3.05) is 18.4 Å². The van der Waals surface area contributed by atoms with Crippen LogP contribution in [0.15, 0.2) is 77.7 Å². The number of hydrogen-bond acceptors (Lipinski definition) is 4. The molecule has 0 radical (unpaired) electrons. The topological polar surface area (TPSA) is 75.7 Å². The van der Waals surface area contributed by atoms with Gasteiger partial charge in [0, 0.05) is 17.8 Å². The van der Waals surface area contributed by atoms with Gasteiger partial charge < -0.3 is 9.64 Å². The lowest BCUT2D eigenvalue weighted by atomic mass is 10.0. The van der Waals surface area contributed by atoms with E-state index >= 15 is 0 Å². The fourth-order valence-corrected chi connectivity index (χ4v) is 4.98. The van der Waals surface area contributed by atoms with Gasteiger partial charge in [-0.1, -0.05) is 18.2 Å². The van der Waals surface area contributed by atoms with Crippen LogP contribution in [-0.4, -0.2) is 32.9 Å². The van der Waals surface area contributed by atoms with Gasteiger partial charge in [0.1, 0.15) is 11.6 Å². The van der Waals surface area contributed by atoms with Crippen molar-refractivity contribution in [1.29, 1.82) is 0 Å². The lowest BCUT2D eigenvalue weighted by Gasteiger charge is -2.25. The number of ether oxygens (including phenoxy) is 1. The molecule has 1 N–H and O–H groups in total. The summed E-state index contributed by atoms with van der Waals surface area (Å²) in [6, 6.07) is 18.5. The first-order valence-electron chi connectivity index (χ1n) is 10.2. The molecule has 1 aliphatic heterocycles. The van der Waals surface area contributed by atoms with Gasteiger partial charge in [-0.25, -0.2) is 12.8 Å². The van der Waals surface area contributed by atoms with E-state index in [2.05, 4.69) is 4.72 Å². The molecule has 1 fully saturated rings. The fourth-order valence-electron chi connectivity index (χ4n) is 3.88. The Labute approximate surface area is 186 Å². The molecule has 1 aliphatic rings. The Morgan fingerprint density at radius 1 is 1.06 bits per heavy atom. The summed E-state index contributed by atoms with van der Waals surface area (Å²) in [4.78, 5) is 15.0. The van der Waals surface area contributed by atoms with E-state index < -0.39 is 15.8 Å². The summed E-state index contributed by atoms with van der Waals surface area (Å²) < 4.78 is 46.3. The summed E-state index contributed by atoms with van der Waals surface area (Å²) in [6.07, 6.45) is 1.70. The number of sulfonamides is 1. The smallest absolute Gasteiger partial charge is 0.261 e. The first-order chi connectivity index (χ1) is 15.4. The molecular weight excluding hydrogens is 431 g/mol. The number of carbonyl (C=O) groups excluding carboxylic acids is 1. The Bertz CT molecular complexity index is 1210. The van der Waals surface area contributed by atoms with E-state index in [1.54, 1.807) is 24.1 Å². The number of benzene rings is 3. The highest BCUT2D eigenvalue weighted by molar-refractivity contribution is 7.92. The van der Waals surface area contributed by atoms with Crippen LogP contribution in [0.2, 0.25) is 0 Å². The zero-order valence-corrected chi connectivity index (χ0v) is 18.3. The summed E-state index contributed by atoms with van der Waals surface area (Å²) in [5.41, 5.74) is 1.55. The monoisotopic (exact) mass is 454 g/mol. The highest BCUT2D eigenvalue weighted by Gasteiger charge is 2.31. The average Bonchev–Trinajstić information content (AvgIpc) is 3.30. The molecule has 1 unspecified atom stereocenters. The first-order valence-corrected chi connectivity index (χ1v) is 11.7. The molecule has 1 heterocycles. The minimum Gasteiger partial charge on any atom is -0.497 e. The number of nitrogens with one attached hydrogen (secondary N) is 1. The number of halogens is 1. The minimum absolute atomic E-state index is 0.0344. The molecule has 166 valence electrons. The van der Waals surface area contributed by atoms with Crippen molar-refractivity contribution < 1.29 is 22.3 Å². The highest BCUT2D eigenvalue weighted by Crippen LogP contribution is 2.34. The third-order valence-electron chi connectivity index (χ3n) is 5.50. The number of hydrogen-bond donors (Lipinski definition) is 1. The lowest BCUT2D eigenvalue weighted by molar-refractivity contribution is 0.0735. The zero-order valence-electron chi connectivity index (χ0n) is 17.5. The molecule has 1 amide bonds. The van der Waals surface area contributed by atoms with Crippen molar-refractivity contribution >= 4 is 21.6 Å². The number of likely N-dealkylation sites (tertiary alicyclic amines) is 1. The predicted octanol–water partition coefficient (Wildman–Crippen LogP) is 4.61. The Morgan fingerprint density at radius 3 is 2.47 bits per heavy atom.